The number of hydrogen-bond acceptors (Lipinski definition) is 3. The number of carbonyl (C=O) groups is 1. The summed E-state index contributed by atoms with van der Waals surface area (Å²) in [5.41, 5.74) is 9.22. The van der Waals surface area contributed by atoms with Gasteiger partial charge in [0.05, 0.1) is 0 Å². The predicted octanol–water partition coefficient (Wildman–Crippen LogP) is 0.495. The molecule has 0 bridgehead atoms. The van der Waals surface area contributed by atoms with Crippen LogP contribution in [0.15, 0.2) is 36.0 Å². The number of primary amides is 1. The molecule has 0 unspecified atom stereocenters. The van der Waals surface area contributed by atoms with Crippen molar-refractivity contribution in [1.29, 1.82) is 0 Å². The number of hydrogen-bond donors (Lipinski definition) is 2. The van der Waals surface area contributed by atoms with Crippen LogP contribution >= 0.6 is 0 Å². The summed E-state index contributed by atoms with van der Waals surface area (Å²) in [5, 5.41) is 0. The average Bonchev–Trinajstić information content (AvgIpc) is 2.39. The highest BCUT2D eigenvalue weighted by Gasteiger charge is 2.13. The van der Waals surface area contributed by atoms with Crippen molar-refractivity contribution in [2.45, 2.75) is 6.42 Å². The molecule has 0 aliphatic carbocycles. The van der Waals surface area contributed by atoms with E-state index in [4.69, 9.17) is 10.6 Å². The van der Waals surface area contributed by atoms with E-state index in [1.807, 2.05) is 24.3 Å². The van der Waals surface area contributed by atoms with Crippen molar-refractivity contribution in [3.8, 4) is 5.75 Å². The molecule has 0 atom stereocenters. The van der Waals surface area contributed by atoms with Gasteiger partial charge < -0.3 is 10.6 Å². The molecule has 1 aliphatic heterocycles. The maximum Gasteiger partial charge on any atom is 0.246 e. The van der Waals surface area contributed by atoms with Crippen LogP contribution < -0.4 is 16.1 Å². The van der Waals surface area contributed by atoms with Crippen molar-refractivity contribution in [1.82, 2.24) is 5.48 Å². The number of benzene rings is 1. The minimum Gasteiger partial charge on any atom is -0.382 e. The lowest BCUT2D eigenvalue weighted by Gasteiger charge is -2.04. The lowest BCUT2D eigenvalue weighted by Crippen LogP contribution is -2.17. The molecule has 0 radical (unpaired) electrons. The van der Waals surface area contributed by atoms with Gasteiger partial charge in [-0.05, 0) is 6.07 Å². The fourth-order valence-corrected chi connectivity index (χ4v) is 1.33. The van der Waals surface area contributed by atoms with E-state index in [1.165, 1.54) is 6.20 Å². The van der Waals surface area contributed by atoms with E-state index in [2.05, 4.69) is 5.48 Å². The third-order valence-electron chi connectivity index (χ3n) is 2.07. The van der Waals surface area contributed by atoms with Crippen LogP contribution in [0.1, 0.15) is 5.56 Å². The van der Waals surface area contributed by atoms with Crippen molar-refractivity contribution in [2.75, 3.05) is 0 Å². The summed E-state index contributed by atoms with van der Waals surface area (Å²) in [6, 6.07) is 7.50. The van der Waals surface area contributed by atoms with E-state index >= 15 is 0 Å². The number of amides is 1. The lowest BCUT2D eigenvalue weighted by molar-refractivity contribution is -0.114. The molecule has 1 heterocycles. The maximum atomic E-state index is 11.0. The molecule has 72 valence electrons. The van der Waals surface area contributed by atoms with Gasteiger partial charge in [-0.25, -0.2) is 5.48 Å². The number of para-hydroxylation sites is 1. The Balaban J connectivity index is 2.34. The minimum atomic E-state index is -0.433. The average molecular weight is 190 g/mol. The number of hydroxylamine groups is 1. The topological polar surface area (TPSA) is 64.4 Å². The molecule has 0 fully saturated rings. The highest BCUT2D eigenvalue weighted by molar-refractivity contribution is 5.92. The number of nitrogens with one attached hydrogen (secondary N) is 1. The predicted molar refractivity (Wildman–Crippen MR) is 51.2 cm³/mol. The van der Waals surface area contributed by atoms with Crippen LogP contribution in [0.2, 0.25) is 0 Å². The van der Waals surface area contributed by atoms with Gasteiger partial charge in [0.15, 0.2) is 5.75 Å². The molecule has 4 nitrogen and oxygen atoms in total. The molecule has 2 rings (SSSR count). The van der Waals surface area contributed by atoms with E-state index in [0.29, 0.717) is 12.0 Å². The Kier molecular flexibility index (Phi) is 2.10. The zero-order chi connectivity index (χ0) is 9.97. The van der Waals surface area contributed by atoms with Crippen LogP contribution in [0.5, 0.6) is 5.75 Å². The van der Waals surface area contributed by atoms with Crippen molar-refractivity contribution in [3.05, 3.63) is 41.6 Å². The zero-order valence-electron chi connectivity index (χ0n) is 7.49. The summed E-state index contributed by atoms with van der Waals surface area (Å²) in [4.78, 5) is 16.2. The van der Waals surface area contributed by atoms with E-state index < -0.39 is 5.91 Å². The highest BCUT2D eigenvalue weighted by Crippen LogP contribution is 2.22. The monoisotopic (exact) mass is 190 g/mol. The fraction of sp³-hybridized carbons (Fsp3) is 0.100. The molecule has 1 aliphatic rings. The van der Waals surface area contributed by atoms with Gasteiger partial charge in [-0.3, -0.25) is 4.79 Å². The number of fused-ring (bicyclic) bond motifs is 1. The van der Waals surface area contributed by atoms with Gasteiger partial charge in [0.25, 0.3) is 0 Å². The van der Waals surface area contributed by atoms with Gasteiger partial charge in [0.1, 0.15) is 0 Å². The molecule has 1 aromatic rings. The van der Waals surface area contributed by atoms with E-state index in [-0.39, 0.29) is 0 Å². The molecule has 0 spiro atoms. The highest BCUT2D eigenvalue weighted by atomic mass is 16.6. The fourth-order valence-electron chi connectivity index (χ4n) is 1.33. The second-order valence-corrected chi connectivity index (χ2v) is 3.04. The largest absolute Gasteiger partial charge is 0.382 e. The van der Waals surface area contributed by atoms with Crippen molar-refractivity contribution >= 4 is 5.91 Å². The van der Waals surface area contributed by atoms with Gasteiger partial charge in [0, 0.05) is 23.8 Å². The van der Waals surface area contributed by atoms with Crippen molar-refractivity contribution < 1.29 is 9.63 Å². The van der Waals surface area contributed by atoms with Crippen molar-refractivity contribution in [2.24, 2.45) is 5.73 Å². The van der Waals surface area contributed by atoms with E-state index in [1.54, 1.807) is 0 Å². The van der Waals surface area contributed by atoms with Gasteiger partial charge in [-0.2, -0.15) is 0 Å². The zero-order valence-corrected chi connectivity index (χ0v) is 7.49. The molecule has 14 heavy (non-hydrogen) atoms. The first-order chi connectivity index (χ1) is 6.77. The van der Waals surface area contributed by atoms with Gasteiger partial charge in [0.2, 0.25) is 5.91 Å². The van der Waals surface area contributed by atoms with Crippen LogP contribution in [-0.4, -0.2) is 5.91 Å². The Morgan fingerprint density at radius 1 is 1.43 bits per heavy atom. The normalized spacial score (nSPS) is 14.1. The molecule has 0 aromatic heterocycles. The lowest BCUT2D eigenvalue weighted by atomic mass is 10.1. The Hall–Kier alpha value is -1.97. The third kappa shape index (κ3) is 1.54. The summed E-state index contributed by atoms with van der Waals surface area (Å²) in [5.74, 6) is 0.290. The van der Waals surface area contributed by atoms with E-state index in [9.17, 15) is 4.79 Å². The molecular weight excluding hydrogens is 180 g/mol. The first kappa shape index (κ1) is 8.62. The maximum absolute atomic E-state index is 11.0. The van der Waals surface area contributed by atoms with Crippen LogP contribution in [0.25, 0.3) is 0 Å². The summed E-state index contributed by atoms with van der Waals surface area (Å²) < 4.78 is 0. The third-order valence-corrected chi connectivity index (χ3v) is 2.07. The summed E-state index contributed by atoms with van der Waals surface area (Å²) in [6.07, 6.45) is 1.99. The number of carbonyl (C=O) groups excluding carboxylic acids is 1. The summed E-state index contributed by atoms with van der Waals surface area (Å²) >= 11 is 0. The first-order valence-electron chi connectivity index (χ1n) is 4.26. The van der Waals surface area contributed by atoms with Gasteiger partial charge in [-0.1, -0.05) is 18.2 Å². The Bertz CT molecular complexity index is 399. The molecule has 3 N–H and O–H groups in total. The quantitative estimate of drug-likeness (QED) is 0.677. The molecule has 0 saturated carbocycles. The van der Waals surface area contributed by atoms with Gasteiger partial charge >= 0.3 is 0 Å². The number of nitrogens with two attached hydrogens (primary N) is 1. The second-order valence-electron chi connectivity index (χ2n) is 3.04. The van der Waals surface area contributed by atoms with E-state index in [0.717, 1.165) is 11.3 Å². The Labute approximate surface area is 81.3 Å². The summed E-state index contributed by atoms with van der Waals surface area (Å²) in [7, 11) is 0. The molecule has 1 amide bonds. The Morgan fingerprint density at radius 2 is 2.21 bits per heavy atom. The minimum absolute atomic E-state index is 0.433. The van der Waals surface area contributed by atoms with Gasteiger partial charge in [-0.15, -0.1) is 0 Å². The van der Waals surface area contributed by atoms with Crippen molar-refractivity contribution in [3.63, 3.8) is 0 Å². The SMILES string of the molecule is NC(=O)C1=CNOc2ccccc2C1. The summed E-state index contributed by atoms with van der Waals surface area (Å²) in [6.45, 7) is 0. The smallest absolute Gasteiger partial charge is 0.246 e. The molecular formula is C10H10N2O2. The Morgan fingerprint density at radius 3 is 3.00 bits per heavy atom. The standard InChI is InChI=1S/C10H10N2O2/c11-10(13)8-5-7-3-1-2-4-9(7)14-12-6-8/h1-4,6,12H,5H2,(H2,11,13). The van der Waals surface area contributed by atoms with Crippen LogP contribution in [0.4, 0.5) is 0 Å². The second kappa shape index (κ2) is 3.41. The van der Waals surface area contributed by atoms with Crippen LogP contribution in [-0.2, 0) is 11.2 Å². The molecule has 0 saturated heterocycles. The first-order valence-corrected chi connectivity index (χ1v) is 4.26. The number of rotatable bonds is 1. The molecule has 1 aromatic carbocycles. The van der Waals surface area contributed by atoms with Crippen LogP contribution in [0, 0.1) is 0 Å². The van der Waals surface area contributed by atoms with Crippen LogP contribution in [0.3, 0.4) is 0 Å². The molecule has 4 heteroatoms.